The van der Waals surface area contributed by atoms with Gasteiger partial charge in [0.05, 0.1) is 18.0 Å². The normalized spacial score (nSPS) is 17.0. The number of nitrogens with zero attached hydrogens (tertiary/aromatic N) is 3. The van der Waals surface area contributed by atoms with Gasteiger partial charge in [0.25, 0.3) is 0 Å². The zero-order chi connectivity index (χ0) is 19.2. The molecule has 27 heavy (non-hydrogen) atoms. The molecule has 0 saturated carbocycles. The van der Waals surface area contributed by atoms with Crippen LogP contribution in [0.5, 0.6) is 0 Å². The van der Waals surface area contributed by atoms with Crippen LogP contribution >= 0.6 is 22.9 Å². The maximum Gasteiger partial charge on any atom is 0.410 e. The largest absolute Gasteiger partial charge is 0.444 e. The number of hydrogen-bond donors (Lipinski definition) is 2. The van der Waals surface area contributed by atoms with Crippen molar-refractivity contribution < 1.29 is 9.53 Å². The summed E-state index contributed by atoms with van der Waals surface area (Å²) >= 11 is 7.70. The van der Waals surface area contributed by atoms with Crippen LogP contribution in [0.15, 0.2) is 23.7 Å². The minimum absolute atomic E-state index is 0.114. The first-order valence-electron chi connectivity index (χ1n) is 8.61. The average molecular weight is 406 g/mol. The van der Waals surface area contributed by atoms with Crippen LogP contribution in [0.3, 0.4) is 0 Å². The van der Waals surface area contributed by atoms with E-state index in [1.54, 1.807) is 22.4 Å². The lowest BCUT2D eigenvalue weighted by atomic mass is 10.0. The van der Waals surface area contributed by atoms with Crippen LogP contribution in [0.4, 0.5) is 10.6 Å². The molecular formula is C18H20ClN5O2S. The first-order chi connectivity index (χ1) is 12.8. The van der Waals surface area contributed by atoms with Crippen molar-refractivity contribution in [1.82, 2.24) is 19.9 Å². The molecule has 1 aliphatic heterocycles. The number of aromatic nitrogens is 3. The van der Waals surface area contributed by atoms with Gasteiger partial charge < -0.3 is 19.9 Å². The highest BCUT2D eigenvalue weighted by molar-refractivity contribution is 7.10. The number of hydrogen-bond acceptors (Lipinski definition) is 6. The molecule has 0 aromatic carbocycles. The molecule has 1 atom stereocenters. The smallest absolute Gasteiger partial charge is 0.410 e. The molecule has 1 amide bonds. The minimum atomic E-state index is -0.535. The number of aromatic amines is 1. The molecule has 0 spiro atoms. The highest BCUT2D eigenvalue weighted by Gasteiger charge is 2.32. The average Bonchev–Trinajstić information content (AvgIpc) is 3.21. The Morgan fingerprint density at radius 1 is 1.41 bits per heavy atom. The molecule has 4 heterocycles. The molecule has 9 heteroatoms. The lowest BCUT2D eigenvalue weighted by Gasteiger charge is -2.34. The second-order valence-electron chi connectivity index (χ2n) is 7.44. The van der Waals surface area contributed by atoms with Gasteiger partial charge in [-0.3, -0.25) is 0 Å². The molecule has 7 nitrogen and oxygen atoms in total. The van der Waals surface area contributed by atoms with E-state index in [1.807, 2.05) is 32.2 Å². The zero-order valence-electron chi connectivity index (χ0n) is 15.2. The topological polar surface area (TPSA) is 83.1 Å². The Balaban J connectivity index is 1.63. The summed E-state index contributed by atoms with van der Waals surface area (Å²) in [7, 11) is 0. The fraction of sp³-hybridized carbons (Fsp3) is 0.389. The Morgan fingerprint density at radius 3 is 3.00 bits per heavy atom. The van der Waals surface area contributed by atoms with Gasteiger partial charge in [-0.1, -0.05) is 0 Å². The third kappa shape index (κ3) is 3.72. The summed E-state index contributed by atoms with van der Waals surface area (Å²) < 4.78 is 5.56. The Morgan fingerprint density at radius 2 is 2.22 bits per heavy atom. The molecule has 1 unspecified atom stereocenters. The number of rotatable bonds is 2. The predicted molar refractivity (Wildman–Crippen MR) is 106 cm³/mol. The second-order valence-corrected chi connectivity index (χ2v) is 8.78. The zero-order valence-corrected chi connectivity index (χ0v) is 16.8. The van der Waals surface area contributed by atoms with Gasteiger partial charge in [0.15, 0.2) is 0 Å². The lowest BCUT2D eigenvalue weighted by Crippen LogP contribution is -2.42. The number of carbonyl (C=O) groups is 1. The van der Waals surface area contributed by atoms with Crippen LogP contribution in [0, 0.1) is 0 Å². The lowest BCUT2D eigenvalue weighted by molar-refractivity contribution is 0.0214. The SMILES string of the molecule is CC(C)(C)OC(=O)N1Cc2sccc2C(Nc2nc(Cl)nc3[nH]ccc23)C1. The number of carbonyl (C=O) groups excluding carboxylic acids is 1. The fourth-order valence-corrected chi connectivity index (χ4v) is 4.25. The van der Waals surface area contributed by atoms with E-state index in [1.165, 1.54) is 5.56 Å². The summed E-state index contributed by atoms with van der Waals surface area (Å²) in [4.78, 5) is 27.0. The Bertz CT molecular complexity index is 993. The quantitative estimate of drug-likeness (QED) is 0.610. The fourth-order valence-electron chi connectivity index (χ4n) is 3.12. The summed E-state index contributed by atoms with van der Waals surface area (Å²) in [6.45, 7) is 6.63. The molecule has 3 aromatic heterocycles. The summed E-state index contributed by atoms with van der Waals surface area (Å²) in [6.07, 6.45) is 1.48. The van der Waals surface area contributed by atoms with Crippen LogP contribution in [0.1, 0.15) is 37.3 Å². The van der Waals surface area contributed by atoms with E-state index in [0.29, 0.717) is 24.6 Å². The van der Waals surface area contributed by atoms with Crippen LogP contribution < -0.4 is 5.32 Å². The van der Waals surface area contributed by atoms with Gasteiger partial charge in [0.1, 0.15) is 17.1 Å². The van der Waals surface area contributed by atoms with Crippen LogP contribution in [0.2, 0.25) is 5.28 Å². The Hall–Kier alpha value is -2.32. The van der Waals surface area contributed by atoms with Crippen molar-refractivity contribution >= 4 is 45.9 Å². The van der Waals surface area contributed by atoms with Gasteiger partial charge >= 0.3 is 6.09 Å². The standard InChI is InChI=1S/C18H20ClN5O2S/c1-18(2,3)26-17(25)24-8-12(10-5-7-27-13(10)9-24)21-15-11-4-6-20-14(11)22-16(19)23-15/h4-7,12H,8-9H2,1-3H3,(H2,20,21,22,23). The highest BCUT2D eigenvalue weighted by Crippen LogP contribution is 2.34. The molecule has 142 valence electrons. The molecule has 0 saturated heterocycles. The van der Waals surface area contributed by atoms with Crippen molar-refractivity contribution in [2.24, 2.45) is 0 Å². The molecule has 0 bridgehead atoms. The molecule has 0 fully saturated rings. The number of nitrogens with one attached hydrogen (secondary N) is 2. The van der Waals surface area contributed by atoms with E-state index in [2.05, 4.69) is 26.3 Å². The number of amides is 1. The third-order valence-electron chi connectivity index (χ3n) is 4.24. The Kier molecular flexibility index (Phi) is 4.47. The number of H-pyrrole nitrogens is 1. The van der Waals surface area contributed by atoms with Crippen LogP contribution in [0.25, 0.3) is 11.0 Å². The molecule has 1 aliphatic rings. The summed E-state index contributed by atoms with van der Waals surface area (Å²) in [5.74, 6) is 0.638. The van der Waals surface area contributed by atoms with E-state index in [4.69, 9.17) is 16.3 Å². The van der Waals surface area contributed by atoms with Gasteiger partial charge in [-0.05, 0) is 55.4 Å². The minimum Gasteiger partial charge on any atom is -0.444 e. The molecule has 2 N–H and O–H groups in total. The maximum atomic E-state index is 12.6. The summed E-state index contributed by atoms with van der Waals surface area (Å²) in [5, 5.41) is 6.50. The third-order valence-corrected chi connectivity index (χ3v) is 5.33. The number of fused-ring (bicyclic) bond motifs is 2. The summed E-state index contributed by atoms with van der Waals surface area (Å²) in [5.41, 5.74) is 1.30. The summed E-state index contributed by atoms with van der Waals surface area (Å²) in [6, 6.07) is 3.87. The highest BCUT2D eigenvalue weighted by atomic mass is 35.5. The Labute approximate surface area is 165 Å². The van der Waals surface area contributed by atoms with Crippen molar-refractivity contribution in [3.8, 4) is 0 Å². The monoisotopic (exact) mass is 405 g/mol. The number of thiophene rings is 1. The van der Waals surface area contributed by atoms with Crippen molar-refractivity contribution in [2.45, 2.75) is 39.0 Å². The van der Waals surface area contributed by atoms with E-state index < -0.39 is 5.60 Å². The van der Waals surface area contributed by atoms with Crippen LogP contribution in [-0.4, -0.2) is 38.1 Å². The maximum absolute atomic E-state index is 12.6. The number of halogens is 1. The van der Waals surface area contributed by atoms with Gasteiger partial charge in [0, 0.05) is 17.6 Å². The first-order valence-corrected chi connectivity index (χ1v) is 9.87. The van der Waals surface area contributed by atoms with Crippen LogP contribution in [-0.2, 0) is 11.3 Å². The number of anilines is 1. The molecule has 0 radical (unpaired) electrons. The van der Waals surface area contributed by atoms with Crippen molar-refractivity contribution in [1.29, 1.82) is 0 Å². The van der Waals surface area contributed by atoms with Gasteiger partial charge in [0.2, 0.25) is 5.28 Å². The molecular weight excluding hydrogens is 386 g/mol. The van der Waals surface area contributed by atoms with Crippen molar-refractivity contribution in [3.63, 3.8) is 0 Å². The van der Waals surface area contributed by atoms with Gasteiger partial charge in [-0.15, -0.1) is 11.3 Å². The molecule has 3 aromatic rings. The van der Waals surface area contributed by atoms with E-state index in [-0.39, 0.29) is 17.4 Å². The van der Waals surface area contributed by atoms with E-state index >= 15 is 0 Å². The first kappa shape index (κ1) is 18.1. The van der Waals surface area contributed by atoms with Gasteiger partial charge in [-0.25, -0.2) is 9.78 Å². The van der Waals surface area contributed by atoms with Gasteiger partial charge in [-0.2, -0.15) is 4.98 Å². The molecule has 4 rings (SSSR count). The van der Waals surface area contributed by atoms with Crippen molar-refractivity contribution in [3.05, 3.63) is 39.4 Å². The van der Waals surface area contributed by atoms with Crippen molar-refractivity contribution in [2.75, 3.05) is 11.9 Å². The van der Waals surface area contributed by atoms with E-state index in [9.17, 15) is 4.79 Å². The molecule has 0 aliphatic carbocycles. The predicted octanol–water partition coefficient (Wildman–Crippen LogP) is 4.58. The van der Waals surface area contributed by atoms with E-state index in [0.717, 1.165) is 10.3 Å². The number of ether oxygens (including phenoxy) is 1. The second kappa shape index (κ2) is 6.69.